The first-order chi connectivity index (χ1) is 16.8. The predicted molar refractivity (Wildman–Crippen MR) is 90.7 cm³/mol. The summed E-state index contributed by atoms with van der Waals surface area (Å²) in [6.07, 6.45) is -38.3. The molecule has 0 radical (unpaired) electrons. The first-order valence-corrected chi connectivity index (χ1v) is 11.5. The Hall–Kier alpha value is -1.15. The fourth-order valence-electron chi connectivity index (χ4n) is 2.51. The molecule has 0 spiro atoms. The van der Waals surface area contributed by atoms with Gasteiger partial charge >= 0.3 is 56.1 Å². The van der Waals surface area contributed by atoms with E-state index in [2.05, 4.69) is 9.05 Å². The summed E-state index contributed by atoms with van der Waals surface area (Å²) in [5.41, 5.74) is 0. The van der Waals surface area contributed by atoms with E-state index in [1.807, 2.05) is 0 Å². The van der Waals surface area contributed by atoms with E-state index in [-0.39, 0.29) is 0 Å². The molecule has 0 saturated carbocycles. The molecular weight excluding hydrogens is 629 g/mol. The van der Waals surface area contributed by atoms with E-state index in [4.69, 9.17) is 4.89 Å². The first kappa shape index (κ1) is 37.9. The molecule has 0 rings (SSSR count). The molecule has 0 saturated heterocycles. The van der Waals surface area contributed by atoms with Crippen molar-refractivity contribution in [1.82, 2.24) is 0 Å². The maximum absolute atomic E-state index is 13.6. The zero-order chi connectivity index (χ0) is 31.6. The lowest BCUT2D eigenvalue weighted by Crippen LogP contribution is -2.56. The Morgan fingerprint density at radius 1 is 0.462 bits per heavy atom. The molecule has 236 valence electrons. The molecule has 1 N–H and O–H groups in total. The van der Waals surface area contributed by atoms with E-state index in [0.29, 0.717) is 0 Å². The fourth-order valence-corrected chi connectivity index (χ4v) is 3.35. The Morgan fingerprint density at radius 3 is 0.923 bits per heavy atom. The highest BCUT2D eigenvalue weighted by atomic mass is 31.2. The van der Waals surface area contributed by atoms with Crippen molar-refractivity contribution in [3.05, 3.63) is 0 Å². The third kappa shape index (κ3) is 10.6. The molecule has 0 bridgehead atoms. The van der Waals surface area contributed by atoms with E-state index < -0.39 is 107 Å². The predicted octanol–water partition coefficient (Wildman–Crippen LogP) is 9.09. The summed E-state index contributed by atoms with van der Waals surface area (Å²) in [4.78, 5) is 8.80. The third-order valence-corrected chi connectivity index (χ3v) is 5.43. The van der Waals surface area contributed by atoms with Crippen LogP contribution in [0.3, 0.4) is 0 Å². The molecule has 0 aliphatic heterocycles. The second-order valence-corrected chi connectivity index (χ2v) is 9.19. The standard InChI is InChI=1S/C16H17F18O4P/c17-9(18,5-1-3-7-11(21,22)23)13(27,28)15(31,32)37-39(35,36)38-16(33,34)14(29,30)10(19,20)6-2-4-8-12(24,25)26/h1-8H2,(H,35,36). The lowest BCUT2D eigenvalue weighted by atomic mass is 10.0. The van der Waals surface area contributed by atoms with E-state index >= 15 is 0 Å². The zero-order valence-corrected chi connectivity index (χ0v) is 19.5. The van der Waals surface area contributed by atoms with Crippen molar-refractivity contribution in [3.63, 3.8) is 0 Å². The minimum atomic E-state index is -7.80. The van der Waals surface area contributed by atoms with Crippen LogP contribution in [0.25, 0.3) is 0 Å². The summed E-state index contributed by atoms with van der Waals surface area (Å²) in [5, 5.41) is 0. The molecule has 0 aromatic carbocycles. The van der Waals surface area contributed by atoms with Crippen LogP contribution in [-0.2, 0) is 13.6 Å². The minimum absolute atomic E-state index is 1.31. The summed E-state index contributed by atoms with van der Waals surface area (Å²) >= 11 is 0. The van der Waals surface area contributed by atoms with Crippen LogP contribution in [0.15, 0.2) is 0 Å². The maximum Gasteiger partial charge on any atom is 0.482 e. The normalized spacial score (nSPS) is 15.7. The van der Waals surface area contributed by atoms with Gasteiger partial charge in [0.25, 0.3) is 0 Å². The summed E-state index contributed by atoms with van der Waals surface area (Å²) in [5.74, 6) is -26.2. The highest BCUT2D eigenvalue weighted by Crippen LogP contribution is 2.61. The van der Waals surface area contributed by atoms with Gasteiger partial charge in [-0.3, -0.25) is 0 Å². The molecule has 39 heavy (non-hydrogen) atoms. The summed E-state index contributed by atoms with van der Waals surface area (Å²) in [7, 11) is -7.80. The van der Waals surface area contributed by atoms with E-state index in [1.165, 1.54) is 0 Å². The molecule has 0 amide bonds. The van der Waals surface area contributed by atoms with Crippen molar-refractivity contribution in [3.8, 4) is 0 Å². The maximum atomic E-state index is 13.6. The van der Waals surface area contributed by atoms with Gasteiger partial charge in [0.15, 0.2) is 0 Å². The van der Waals surface area contributed by atoms with Gasteiger partial charge in [-0.1, -0.05) is 0 Å². The van der Waals surface area contributed by atoms with Gasteiger partial charge in [-0.15, -0.1) is 0 Å². The number of hydrogen-bond acceptors (Lipinski definition) is 3. The Morgan fingerprint density at radius 2 is 0.692 bits per heavy atom. The quantitative estimate of drug-likeness (QED) is 0.103. The Balaban J connectivity index is 5.60. The van der Waals surface area contributed by atoms with E-state index in [0.717, 1.165) is 0 Å². The highest BCUT2D eigenvalue weighted by Gasteiger charge is 2.77. The van der Waals surface area contributed by atoms with Crippen molar-refractivity contribution in [2.75, 3.05) is 0 Å². The number of phosphoric acid groups is 1. The fraction of sp³-hybridized carbons (Fsp3) is 1.00. The van der Waals surface area contributed by atoms with Crippen molar-refractivity contribution in [1.29, 1.82) is 0 Å². The topological polar surface area (TPSA) is 55.8 Å². The summed E-state index contributed by atoms with van der Waals surface area (Å²) in [6.45, 7) is 0. The number of unbranched alkanes of at least 4 members (excludes halogenated alkanes) is 2. The van der Waals surface area contributed by atoms with Gasteiger partial charge in [0, 0.05) is 25.7 Å². The molecule has 23 heteroatoms. The van der Waals surface area contributed by atoms with Crippen LogP contribution >= 0.6 is 7.82 Å². The summed E-state index contributed by atoms with van der Waals surface area (Å²) in [6, 6.07) is 0. The van der Waals surface area contributed by atoms with Crippen LogP contribution in [-0.4, -0.2) is 53.2 Å². The zero-order valence-electron chi connectivity index (χ0n) is 18.6. The number of phosphoric ester groups is 1. The first-order valence-electron chi connectivity index (χ1n) is 9.97. The average molecular weight is 646 g/mol. The highest BCUT2D eigenvalue weighted by molar-refractivity contribution is 7.47. The molecule has 0 aromatic rings. The Labute approximate surface area is 206 Å². The molecule has 0 atom stereocenters. The van der Waals surface area contributed by atoms with Crippen molar-refractivity contribution >= 4 is 7.82 Å². The van der Waals surface area contributed by atoms with Gasteiger partial charge in [0.05, 0.1) is 0 Å². The average Bonchev–Trinajstić information content (AvgIpc) is 2.65. The number of rotatable bonds is 16. The second kappa shape index (κ2) is 12.0. The molecular formula is C16H17F18O4P. The van der Waals surface area contributed by atoms with Crippen LogP contribution in [0.4, 0.5) is 79.0 Å². The molecule has 0 heterocycles. The smallest absolute Gasteiger partial charge is 0.302 e. The Kier molecular flexibility index (Phi) is 11.6. The summed E-state index contributed by atoms with van der Waals surface area (Å²) < 4.78 is 250. The molecule has 0 aromatic heterocycles. The number of halogens is 18. The van der Waals surface area contributed by atoms with Gasteiger partial charge in [0.2, 0.25) is 0 Å². The lowest BCUT2D eigenvalue weighted by molar-refractivity contribution is -0.394. The molecule has 0 aliphatic carbocycles. The Bertz CT molecular complexity index is 774. The lowest BCUT2D eigenvalue weighted by Gasteiger charge is -2.35. The SMILES string of the molecule is O=P(O)(OC(F)(F)C(F)(F)C(F)(F)CCCCC(F)(F)F)OC(F)(F)C(F)(F)C(F)(F)CCCCC(F)(F)F. The van der Waals surface area contributed by atoms with Crippen LogP contribution in [0, 0.1) is 0 Å². The molecule has 0 fully saturated rings. The molecule has 0 unspecified atom stereocenters. The van der Waals surface area contributed by atoms with Gasteiger partial charge in [-0.25, -0.2) is 13.6 Å². The van der Waals surface area contributed by atoms with Crippen LogP contribution < -0.4 is 0 Å². The van der Waals surface area contributed by atoms with E-state index in [1.54, 1.807) is 0 Å². The second-order valence-electron chi connectivity index (χ2n) is 7.89. The largest absolute Gasteiger partial charge is 0.482 e. The number of hydrogen-bond donors (Lipinski definition) is 1. The van der Waals surface area contributed by atoms with Crippen molar-refractivity contribution < 1.29 is 97.5 Å². The minimum Gasteiger partial charge on any atom is -0.302 e. The van der Waals surface area contributed by atoms with Gasteiger partial charge < -0.3 is 4.89 Å². The van der Waals surface area contributed by atoms with Crippen LogP contribution in [0.5, 0.6) is 0 Å². The monoisotopic (exact) mass is 646 g/mol. The van der Waals surface area contributed by atoms with Crippen molar-refractivity contribution in [2.45, 2.75) is 99.6 Å². The van der Waals surface area contributed by atoms with Gasteiger partial charge in [-0.2, -0.15) is 79.0 Å². The van der Waals surface area contributed by atoms with Crippen LogP contribution in [0.1, 0.15) is 51.4 Å². The number of alkyl halides is 18. The molecule has 0 aliphatic rings. The van der Waals surface area contributed by atoms with Gasteiger partial charge in [-0.05, 0) is 25.7 Å². The van der Waals surface area contributed by atoms with Gasteiger partial charge in [0.1, 0.15) is 0 Å². The van der Waals surface area contributed by atoms with Crippen molar-refractivity contribution in [2.24, 2.45) is 0 Å². The van der Waals surface area contributed by atoms with Crippen LogP contribution in [0.2, 0.25) is 0 Å². The van der Waals surface area contributed by atoms with E-state index in [9.17, 15) is 83.6 Å². The third-order valence-electron chi connectivity index (χ3n) is 4.51. The molecule has 4 nitrogen and oxygen atoms in total.